The Morgan fingerprint density at radius 3 is 3.00 bits per heavy atom. The molecule has 5 heteroatoms. The van der Waals surface area contributed by atoms with Crippen LogP contribution >= 0.6 is 11.8 Å². The molecule has 3 atom stereocenters. The Balaban J connectivity index is 2.02. The smallest absolute Gasteiger partial charge is 0.231 e. The highest BCUT2D eigenvalue weighted by atomic mass is 32.2. The van der Waals surface area contributed by atoms with E-state index in [0.717, 1.165) is 11.3 Å². The van der Waals surface area contributed by atoms with Gasteiger partial charge in [0.2, 0.25) is 5.91 Å². The summed E-state index contributed by atoms with van der Waals surface area (Å²) in [4.78, 5) is 12.3. The molecule has 1 amide bonds. The minimum absolute atomic E-state index is 0.0153. The molecule has 4 nitrogen and oxygen atoms in total. The van der Waals surface area contributed by atoms with Crippen molar-refractivity contribution in [3.05, 3.63) is 29.8 Å². The van der Waals surface area contributed by atoms with Crippen LogP contribution in [0.3, 0.4) is 0 Å². The number of benzene rings is 1. The highest BCUT2D eigenvalue weighted by Gasteiger charge is 2.31. The van der Waals surface area contributed by atoms with E-state index in [2.05, 4.69) is 5.32 Å². The summed E-state index contributed by atoms with van der Waals surface area (Å²) in [5.41, 5.74) is 0.942. The Bertz CT molecular complexity index is 448. The number of fused-ring (bicyclic) bond motifs is 1. The van der Waals surface area contributed by atoms with Crippen molar-refractivity contribution >= 4 is 17.7 Å². The number of hydrogen-bond acceptors (Lipinski definition) is 4. The molecule has 0 aromatic heterocycles. The van der Waals surface area contributed by atoms with E-state index in [1.165, 1.54) is 0 Å². The summed E-state index contributed by atoms with van der Waals surface area (Å²) < 4.78 is 5.51. The summed E-state index contributed by atoms with van der Waals surface area (Å²) >= 11 is 1.55. The number of para-hydroxylation sites is 1. The molecule has 0 saturated carbocycles. The van der Waals surface area contributed by atoms with E-state index in [1.807, 2.05) is 37.4 Å². The number of hydrogen-bond donors (Lipinski definition) is 2. The fourth-order valence-corrected chi connectivity index (χ4v) is 2.86. The second-order valence-corrected chi connectivity index (χ2v) is 5.73. The standard InChI is InChI=1S/C14H19NO3S/c1-9(13(7-16)19-2)15-14(17)11-8-18-12-6-4-3-5-10(11)12/h3-6,9,11,13,16H,7-8H2,1-2H3,(H,15,17). The molecule has 0 bridgehead atoms. The van der Waals surface area contributed by atoms with Crippen molar-refractivity contribution in [2.75, 3.05) is 19.5 Å². The van der Waals surface area contributed by atoms with Gasteiger partial charge in [-0.1, -0.05) is 18.2 Å². The number of nitrogens with one attached hydrogen (secondary N) is 1. The highest BCUT2D eigenvalue weighted by molar-refractivity contribution is 7.99. The average Bonchev–Trinajstić information content (AvgIpc) is 2.84. The van der Waals surface area contributed by atoms with Crippen LogP contribution in [0.2, 0.25) is 0 Å². The largest absolute Gasteiger partial charge is 0.492 e. The Hall–Kier alpha value is -1.20. The van der Waals surface area contributed by atoms with Crippen LogP contribution in [0, 0.1) is 0 Å². The van der Waals surface area contributed by atoms with Crippen LogP contribution in [0.25, 0.3) is 0 Å². The SMILES string of the molecule is CSC(CO)C(C)NC(=O)C1COc2ccccc21. The Labute approximate surface area is 117 Å². The van der Waals surface area contributed by atoms with Crippen LogP contribution in [0.1, 0.15) is 18.4 Å². The normalized spacial score (nSPS) is 20.3. The van der Waals surface area contributed by atoms with E-state index in [1.54, 1.807) is 11.8 Å². The molecule has 0 aliphatic carbocycles. The fraction of sp³-hybridized carbons (Fsp3) is 0.500. The second kappa shape index (κ2) is 6.30. The van der Waals surface area contributed by atoms with Crippen molar-refractivity contribution < 1.29 is 14.6 Å². The molecular formula is C14H19NO3S. The zero-order valence-corrected chi connectivity index (χ0v) is 11.9. The molecule has 0 radical (unpaired) electrons. The minimum Gasteiger partial charge on any atom is -0.492 e. The zero-order chi connectivity index (χ0) is 13.8. The monoisotopic (exact) mass is 281 g/mol. The number of carbonyl (C=O) groups excluding carboxylic acids is 1. The van der Waals surface area contributed by atoms with Gasteiger partial charge in [0.25, 0.3) is 0 Å². The highest BCUT2D eigenvalue weighted by Crippen LogP contribution is 2.33. The van der Waals surface area contributed by atoms with Crippen molar-refractivity contribution in [1.82, 2.24) is 5.32 Å². The zero-order valence-electron chi connectivity index (χ0n) is 11.1. The van der Waals surface area contributed by atoms with Gasteiger partial charge in [0, 0.05) is 16.9 Å². The maximum Gasteiger partial charge on any atom is 0.231 e. The molecule has 1 aromatic carbocycles. The van der Waals surface area contributed by atoms with Crippen molar-refractivity contribution in [2.24, 2.45) is 0 Å². The maximum atomic E-state index is 12.3. The summed E-state index contributed by atoms with van der Waals surface area (Å²) in [6.45, 7) is 2.36. The third-order valence-electron chi connectivity index (χ3n) is 3.43. The minimum atomic E-state index is -0.250. The molecule has 2 rings (SSSR count). The molecule has 1 heterocycles. The van der Waals surface area contributed by atoms with Gasteiger partial charge in [-0.25, -0.2) is 0 Å². The summed E-state index contributed by atoms with van der Waals surface area (Å²) in [6, 6.07) is 7.55. The first-order chi connectivity index (χ1) is 9.17. The molecular weight excluding hydrogens is 262 g/mol. The van der Waals surface area contributed by atoms with Crippen LogP contribution in [0.4, 0.5) is 0 Å². The average molecular weight is 281 g/mol. The van der Waals surface area contributed by atoms with Gasteiger partial charge in [-0.05, 0) is 19.2 Å². The lowest BCUT2D eigenvalue weighted by Gasteiger charge is -2.22. The number of thioether (sulfide) groups is 1. The third kappa shape index (κ3) is 3.04. The van der Waals surface area contributed by atoms with Gasteiger partial charge in [0.15, 0.2) is 0 Å². The van der Waals surface area contributed by atoms with E-state index >= 15 is 0 Å². The maximum absolute atomic E-state index is 12.3. The summed E-state index contributed by atoms with van der Waals surface area (Å²) in [6.07, 6.45) is 1.93. The predicted octanol–water partition coefficient (Wildman–Crippen LogP) is 1.39. The number of rotatable bonds is 5. The molecule has 2 N–H and O–H groups in total. The molecule has 0 spiro atoms. The molecule has 19 heavy (non-hydrogen) atoms. The molecule has 1 aromatic rings. The summed E-state index contributed by atoms with van der Waals surface area (Å²) in [5, 5.41) is 12.2. The van der Waals surface area contributed by atoms with Gasteiger partial charge in [0.05, 0.1) is 6.61 Å². The molecule has 1 aliphatic heterocycles. The number of amides is 1. The van der Waals surface area contributed by atoms with E-state index in [0.29, 0.717) is 6.61 Å². The van der Waals surface area contributed by atoms with Gasteiger partial charge < -0.3 is 15.2 Å². The predicted molar refractivity (Wildman–Crippen MR) is 76.7 cm³/mol. The lowest BCUT2D eigenvalue weighted by atomic mass is 10.00. The van der Waals surface area contributed by atoms with Crippen LogP contribution < -0.4 is 10.1 Å². The molecule has 3 unspecified atom stereocenters. The van der Waals surface area contributed by atoms with Gasteiger partial charge in [-0.2, -0.15) is 11.8 Å². The first kappa shape index (κ1) is 14.2. The van der Waals surface area contributed by atoms with Gasteiger partial charge in [-0.3, -0.25) is 4.79 Å². The number of aliphatic hydroxyl groups is 1. The van der Waals surface area contributed by atoms with Crippen molar-refractivity contribution in [3.8, 4) is 5.75 Å². The molecule has 1 aliphatic rings. The fourth-order valence-electron chi connectivity index (χ4n) is 2.23. The first-order valence-corrected chi connectivity index (χ1v) is 7.62. The van der Waals surface area contributed by atoms with Crippen LogP contribution in [-0.4, -0.2) is 41.8 Å². The van der Waals surface area contributed by atoms with Gasteiger partial charge >= 0.3 is 0 Å². The first-order valence-electron chi connectivity index (χ1n) is 6.33. The Morgan fingerprint density at radius 2 is 2.32 bits per heavy atom. The Kier molecular flexibility index (Phi) is 4.71. The Morgan fingerprint density at radius 1 is 1.58 bits per heavy atom. The number of carbonyl (C=O) groups is 1. The summed E-state index contributed by atoms with van der Waals surface area (Å²) in [7, 11) is 0. The summed E-state index contributed by atoms with van der Waals surface area (Å²) in [5.74, 6) is 0.503. The quantitative estimate of drug-likeness (QED) is 0.856. The van der Waals surface area contributed by atoms with Crippen molar-refractivity contribution in [2.45, 2.75) is 24.1 Å². The van der Waals surface area contributed by atoms with E-state index in [4.69, 9.17) is 4.74 Å². The van der Waals surface area contributed by atoms with Crippen LogP contribution in [0.15, 0.2) is 24.3 Å². The van der Waals surface area contributed by atoms with E-state index < -0.39 is 0 Å². The lowest BCUT2D eigenvalue weighted by Crippen LogP contribution is -2.43. The van der Waals surface area contributed by atoms with Gasteiger partial charge in [0.1, 0.15) is 18.3 Å². The van der Waals surface area contributed by atoms with Crippen molar-refractivity contribution in [3.63, 3.8) is 0 Å². The van der Waals surface area contributed by atoms with E-state index in [-0.39, 0.29) is 29.7 Å². The third-order valence-corrected chi connectivity index (χ3v) is 4.59. The van der Waals surface area contributed by atoms with E-state index in [9.17, 15) is 9.90 Å². The molecule has 0 fully saturated rings. The van der Waals surface area contributed by atoms with Crippen LogP contribution in [0.5, 0.6) is 5.75 Å². The van der Waals surface area contributed by atoms with Crippen LogP contribution in [-0.2, 0) is 4.79 Å². The van der Waals surface area contributed by atoms with Crippen molar-refractivity contribution in [1.29, 1.82) is 0 Å². The molecule has 104 valence electrons. The van der Waals surface area contributed by atoms with Gasteiger partial charge in [-0.15, -0.1) is 0 Å². The second-order valence-electron chi connectivity index (χ2n) is 4.66. The number of aliphatic hydroxyl groups excluding tert-OH is 1. The number of ether oxygens (including phenoxy) is 1. The topological polar surface area (TPSA) is 58.6 Å². The lowest BCUT2D eigenvalue weighted by molar-refractivity contribution is -0.123. The molecule has 0 saturated heterocycles.